The Kier molecular flexibility index (Phi) is 5.98. The second kappa shape index (κ2) is 7.74. The molecule has 2 aliphatic rings. The number of rotatable bonds is 7. The predicted octanol–water partition coefficient (Wildman–Crippen LogP) is 1.42. The Labute approximate surface area is 121 Å². The van der Waals surface area contributed by atoms with E-state index in [2.05, 4.69) is 11.8 Å². The van der Waals surface area contributed by atoms with Gasteiger partial charge in [-0.05, 0) is 32.2 Å². The maximum absolute atomic E-state index is 11.6. The highest BCUT2D eigenvalue weighted by atomic mass is 16.5. The van der Waals surface area contributed by atoms with E-state index in [-0.39, 0.29) is 11.8 Å². The Morgan fingerprint density at radius 2 is 1.95 bits per heavy atom. The van der Waals surface area contributed by atoms with Crippen molar-refractivity contribution in [2.45, 2.75) is 51.6 Å². The molecule has 20 heavy (non-hydrogen) atoms. The molecular weight excluding hydrogens is 256 g/mol. The largest absolute Gasteiger partial charge is 0.377 e. The minimum absolute atomic E-state index is 0.0136. The van der Waals surface area contributed by atoms with E-state index in [0.717, 1.165) is 39.1 Å². The molecule has 5 heteroatoms. The minimum atomic E-state index is -0.0136. The van der Waals surface area contributed by atoms with E-state index in [4.69, 9.17) is 4.74 Å². The quantitative estimate of drug-likeness (QED) is 0.663. The zero-order valence-corrected chi connectivity index (χ0v) is 12.5. The van der Waals surface area contributed by atoms with Crippen LogP contribution in [0, 0.1) is 0 Å². The third kappa shape index (κ3) is 4.28. The van der Waals surface area contributed by atoms with Gasteiger partial charge in [-0.3, -0.25) is 19.4 Å². The fourth-order valence-electron chi connectivity index (χ4n) is 2.96. The summed E-state index contributed by atoms with van der Waals surface area (Å²) in [6, 6.07) is 0. The fourth-order valence-corrected chi connectivity index (χ4v) is 2.96. The van der Waals surface area contributed by atoms with Gasteiger partial charge in [0.1, 0.15) is 0 Å². The van der Waals surface area contributed by atoms with E-state index in [1.54, 1.807) is 0 Å². The summed E-state index contributed by atoms with van der Waals surface area (Å²) in [5.74, 6) is -0.0271. The van der Waals surface area contributed by atoms with Gasteiger partial charge >= 0.3 is 0 Å². The first-order valence-electron chi connectivity index (χ1n) is 7.88. The molecule has 0 saturated carbocycles. The standard InChI is InChI=1S/C15H26N2O3/c1-2-8-16(12-13-5-3-4-11-20-13)9-10-17-14(18)6-7-15(17)19/h13H,2-12H2,1H3/t13-/m1/s1. The van der Waals surface area contributed by atoms with Crippen molar-refractivity contribution in [1.29, 1.82) is 0 Å². The van der Waals surface area contributed by atoms with Crippen LogP contribution in [0.4, 0.5) is 0 Å². The first-order valence-corrected chi connectivity index (χ1v) is 7.88. The van der Waals surface area contributed by atoms with Crippen molar-refractivity contribution in [3.63, 3.8) is 0 Å². The van der Waals surface area contributed by atoms with E-state index in [1.807, 2.05) is 0 Å². The second-order valence-electron chi connectivity index (χ2n) is 5.73. The van der Waals surface area contributed by atoms with E-state index in [9.17, 15) is 9.59 Å². The average Bonchev–Trinajstić information content (AvgIpc) is 2.77. The number of hydrogen-bond acceptors (Lipinski definition) is 4. The maximum Gasteiger partial charge on any atom is 0.229 e. The molecule has 0 bridgehead atoms. The Balaban J connectivity index is 1.79. The zero-order valence-electron chi connectivity index (χ0n) is 12.5. The van der Waals surface area contributed by atoms with Crippen LogP contribution in [-0.4, -0.2) is 60.5 Å². The summed E-state index contributed by atoms with van der Waals surface area (Å²) >= 11 is 0. The van der Waals surface area contributed by atoms with Gasteiger partial charge in [0.2, 0.25) is 11.8 Å². The molecule has 1 atom stereocenters. The molecule has 5 nitrogen and oxygen atoms in total. The first kappa shape index (κ1) is 15.4. The summed E-state index contributed by atoms with van der Waals surface area (Å²) in [5, 5.41) is 0. The molecule has 2 aliphatic heterocycles. The van der Waals surface area contributed by atoms with Crippen molar-refractivity contribution in [2.24, 2.45) is 0 Å². The lowest BCUT2D eigenvalue weighted by Crippen LogP contribution is -2.42. The third-order valence-electron chi connectivity index (χ3n) is 4.07. The van der Waals surface area contributed by atoms with Crippen molar-refractivity contribution in [1.82, 2.24) is 9.80 Å². The SMILES string of the molecule is CCCN(CCN1C(=O)CCC1=O)C[C@H]1CCCCO1. The summed E-state index contributed by atoms with van der Waals surface area (Å²) in [4.78, 5) is 27.0. The molecule has 0 spiro atoms. The number of carbonyl (C=O) groups excluding carboxylic acids is 2. The highest BCUT2D eigenvalue weighted by Gasteiger charge is 2.29. The molecular formula is C15H26N2O3. The third-order valence-corrected chi connectivity index (χ3v) is 4.07. The molecule has 2 saturated heterocycles. The molecule has 2 fully saturated rings. The van der Waals surface area contributed by atoms with E-state index in [0.29, 0.717) is 25.5 Å². The molecule has 0 aromatic rings. The summed E-state index contributed by atoms with van der Waals surface area (Å²) in [5.41, 5.74) is 0. The number of hydrogen-bond donors (Lipinski definition) is 0. The van der Waals surface area contributed by atoms with Crippen molar-refractivity contribution in [3.8, 4) is 0 Å². The van der Waals surface area contributed by atoms with Gasteiger partial charge in [0.25, 0.3) is 0 Å². The average molecular weight is 282 g/mol. The summed E-state index contributed by atoms with van der Waals surface area (Å²) in [7, 11) is 0. The molecule has 0 N–H and O–H groups in total. The van der Waals surface area contributed by atoms with Gasteiger partial charge in [-0.25, -0.2) is 0 Å². The van der Waals surface area contributed by atoms with Gasteiger partial charge in [-0.1, -0.05) is 6.92 Å². The number of nitrogens with zero attached hydrogens (tertiary/aromatic N) is 2. The minimum Gasteiger partial charge on any atom is -0.377 e. The van der Waals surface area contributed by atoms with Crippen LogP contribution >= 0.6 is 0 Å². The van der Waals surface area contributed by atoms with Gasteiger partial charge < -0.3 is 4.74 Å². The van der Waals surface area contributed by atoms with E-state index >= 15 is 0 Å². The van der Waals surface area contributed by atoms with Crippen LogP contribution < -0.4 is 0 Å². The maximum atomic E-state index is 11.6. The van der Waals surface area contributed by atoms with Crippen LogP contribution in [0.3, 0.4) is 0 Å². The van der Waals surface area contributed by atoms with Gasteiger partial charge in [0, 0.05) is 39.1 Å². The number of likely N-dealkylation sites (tertiary alicyclic amines) is 1. The number of carbonyl (C=O) groups is 2. The number of ether oxygens (including phenoxy) is 1. The molecule has 0 unspecified atom stereocenters. The lowest BCUT2D eigenvalue weighted by Gasteiger charge is -2.30. The lowest BCUT2D eigenvalue weighted by molar-refractivity contribution is -0.138. The van der Waals surface area contributed by atoms with Crippen molar-refractivity contribution in [3.05, 3.63) is 0 Å². The molecule has 2 heterocycles. The monoisotopic (exact) mass is 282 g/mol. The van der Waals surface area contributed by atoms with Gasteiger partial charge in [0.15, 0.2) is 0 Å². The molecule has 0 radical (unpaired) electrons. The van der Waals surface area contributed by atoms with Gasteiger partial charge in [-0.2, -0.15) is 0 Å². The second-order valence-corrected chi connectivity index (χ2v) is 5.73. The number of imide groups is 1. The lowest BCUT2D eigenvalue weighted by atomic mass is 10.1. The molecule has 2 rings (SSSR count). The van der Waals surface area contributed by atoms with Crippen LogP contribution in [0.5, 0.6) is 0 Å². The fraction of sp³-hybridized carbons (Fsp3) is 0.867. The predicted molar refractivity (Wildman–Crippen MR) is 76.3 cm³/mol. The van der Waals surface area contributed by atoms with Gasteiger partial charge in [0.05, 0.1) is 6.10 Å². The van der Waals surface area contributed by atoms with Gasteiger partial charge in [-0.15, -0.1) is 0 Å². The Morgan fingerprint density at radius 3 is 2.55 bits per heavy atom. The Bertz CT molecular complexity index is 324. The molecule has 0 aliphatic carbocycles. The van der Waals surface area contributed by atoms with Crippen LogP contribution in [0.2, 0.25) is 0 Å². The number of amides is 2. The van der Waals surface area contributed by atoms with Crippen LogP contribution in [0.15, 0.2) is 0 Å². The normalized spacial score (nSPS) is 23.9. The van der Waals surface area contributed by atoms with Crippen molar-refractivity contribution < 1.29 is 14.3 Å². The van der Waals surface area contributed by atoms with Crippen LogP contribution in [0.25, 0.3) is 0 Å². The Hall–Kier alpha value is -0.940. The van der Waals surface area contributed by atoms with Crippen molar-refractivity contribution >= 4 is 11.8 Å². The van der Waals surface area contributed by atoms with E-state index in [1.165, 1.54) is 17.7 Å². The van der Waals surface area contributed by atoms with E-state index < -0.39 is 0 Å². The highest BCUT2D eigenvalue weighted by Crippen LogP contribution is 2.15. The smallest absolute Gasteiger partial charge is 0.229 e. The summed E-state index contributed by atoms with van der Waals surface area (Å²) < 4.78 is 5.78. The van der Waals surface area contributed by atoms with Crippen LogP contribution in [0.1, 0.15) is 45.4 Å². The summed E-state index contributed by atoms with van der Waals surface area (Å²) in [6.07, 6.45) is 5.71. The molecule has 2 amide bonds. The molecule has 0 aromatic carbocycles. The van der Waals surface area contributed by atoms with Crippen molar-refractivity contribution in [2.75, 3.05) is 32.8 Å². The summed E-state index contributed by atoms with van der Waals surface area (Å²) in [6.45, 7) is 6.24. The topological polar surface area (TPSA) is 49.9 Å². The molecule has 114 valence electrons. The van der Waals surface area contributed by atoms with Crippen LogP contribution in [-0.2, 0) is 14.3 Å². The molecule has 0 aromatic heterocycles. The first-order chi connectivity index (χ1) is 9.70. The zero-order chi connectivity index (χ0) is 14.4. The highest BCUT2D eigenvalue weighted by molar-refractivity contribution is 6.01. The Morgan fingerprint density at radius 1 is 1.20 bits per heavy atom.